The Morgan fingerprint density at radius 1 is 1.35 bits per heavy atom. The highest BCUT2D eigenvalue weighted by Crippen LogP contribution is 2.26. The Hall–Kier alpha value is -1.58. The molecule has 3 N–H and O–H groups in total. The summed E-state index contributed by atoms with van der Waals surface area (Å²) >= 11 is 0. The van der Waals surface area contributed by atoms with Gasteiger partial charge in [-0.2, -0.15) is 0 Å². The van der Waals surface area contributed by atoms with E-state index in [4.69, 9.17) is 5.73 Å². The van der Waals surface area contributed by atoms with Crippen LogP contribution >= 0.6 is 0 Å². The summed E-state index contributed by atoms with van der Waals surface area (Å²) in [5, 5.41) is 2.99. The number of rotatable bonds is 3. The first-order valence-electron chi connectivity index (χ1n) is 7.37. The van der Waals surface area contributed by atoms with Crippen molar-refractivity contribution >= 4 is 11.6 Å². The molecule has 1 aliphatic carbocycles. The average Bonchev–Trinajstić information content (AvgIpc) is 2.45. The average molecular weight is 278 g/mol. The Labute approximate surface area is 119 Å². The van der Waals surface area contributed by atoms with Gasteiger partial charge in [-0.25, -0.2) is 4.39 Å². The highest BCUT2D eigenvalue weighted by molar-refractivity contribution is 5.95. The van der Waals surface area contributed by atoms with Gasteiger partial charge < -0.3 is 11.1 Å². The number of nitrogen functional groups attached to an aromatic ring is 1. The summed E-state index contributed by atoms with van der Waals surface area (Å²) in [6.45, 7) is 3.82. The second kappa shape index (κ2) is 6.25. The molecule has 0 bridgehead atoms. The number of carbonyl (C=O) groups excluding carboxylic acids is 1. The molecule has 0 heterocycles. The Kier molecular flexibility index (Phi) is 4.63. The molecular weight excluding hydrogens is 255 g/mol. The van der Waals surface area contributed by atoms with Crippen molar-refractivity contribution in [3.05, 3.63) is 29.1 Å². The first-order valence-corrected chi connectivity index (χ1v) is 7.37. The van der Waals surface area contributed by atoms with Gasteiger partial charge in [-0.15, -0.1) is 0 Å². The van der Waals surface area contributed by atoms with Crippen LogP contribution in [0.2, 0.25) is 0 Å². The minimum Gasteiger partial charge on any atom is -0.398 e. The number of hydrogen-bond acceptors (Lipinski definition) is 2. The lowest BCUT2D eigenvalue weighted by Crippen LogP contribution is -2.37. The SMILES string of the molecule is CCC1CCC(NC(=O)c2cc(N)c(C)c(F)c2)CC1. The molecule has 0 spiro atoms. The predicted molar refractivity (Wildman–Crippen MR) is 79.1 cm³/mol. The van der Waals surface area contributed by atoms with E-state index in [2.05, 4.69) is 12.2 Å². The quantitative estimate of drug-likeness (QED) is 0.832. The summed E-state index contributed by atoms with van der Waals surface area (Å²) < 4.78 is 13.6. The van der Waals surface area contributed by atoms with E-state index < -0.39 is 5.82 Å². The Balaban J connectivity index is 1.99. The molecule has 1 aromatic rings. The van der Waals surface area contributed by atoms with Gasteiger partial charge in [0.15, 0.2) is 0 Å². The van der Waals surface area contributed by atoms with Crippen molar-refractivity contribution < 1.29 is 9.18 Å². The smallest absolute Gasteiger partial charge is 0.251 e. The molecule has 0 radical (unpaired) electrons. The standard InChI is InChI=1S/C16H23FN2O/c1-3-11-4-6-13(7-5-11)19-16(20)12-8-14(17)10(2)15(18)9-12/h8-9,11,13H,3-7,18H2,1-2H3,(H,19,20). The van der Waals surface area contributed by atoms with E-state index >= 15 is 0 Å². The van der Waals surface area contributed by atoms with Gasteiger partial charge in [0.05, 0.1) is 0 Å². The summed E-state index contributed by atoms with van der Waals surface area (Å²) in [5.41, 5.74) is 6.73. The van der Waals surface area contributed by atoms with Crippen molar-refractivity contribution in [1.82, 2.24) is 5.32 Å². The van der Waals surface area contributed by atoms with E-state index in [1.54, 1.807) is 13.0 Å². The maximum Gasteiger partial charge on any atom is 0.251 e. The normalized spacial score (nSPS) is 22.6. The van der Waals surface area contributed by atoms with Crippen LogP contribution in [-0.2, 0) is 0 Å². The van der Waals surface area contributed by atoms with Crippen LogP contribution in [0.25, 0.3) is 0 Å². The van der Waals surface area contributed by atoms with Crippen LogP contribution in [0.5, 0.6) is 0 Å². The molecule has 0 aliphatic heterocycles. The van der Waals surface area contributed by atoms with Gasteiger partial charge in [0, 0.05) is 22.9 Å². The summed E-state index contributed by atoms with van der Waals surface area (Å²) in [6.07, 6.45) is 5.54. The van der Waals surface area contributed by atoms with Gasteiger partial charge in [0.25, 0.3) is 5.91 Å². The second-order valence-electron chi connectivity index (χ2n) is 5.77. The molecule has 0 aromatic heterocycles. The van der Waals surface area contributed by atoms with Gasteiger partial charge >= 0.3 is 0 Å². The number of amides is 1. The Morgan fingerprint density at radius 3 is 2.55 bits per heavy atom. The molecule has 0 atom stereocenters. The van der Waals surface area contributed by atoms with Crippen LogP contribution in [0.3, 0.4) is 0 Å². The molecule has 1 aliphatic rings. The first-order chi connectivity index (χ1) is 9.51. The molecule has 1 aromatic carbocycles. The minimum absolute atomic E-state index is 0.205. The van der Waals surface area contributed by atoms with Gasteiger partial charge in [-0.05, 0) is 50.7 Å². The van der Waals surface area contributed by atoms with E-state index in [0.717, 1.165) is 31.6 Å². The molecule has 1 amide bonds. The Morgan fingerprint density at radius 2 is 2.00 bits per heavy atom. The fourth-order valence-electron chi connectivity index (χ4n) is 2.81. The molecule has 1 fully saturated rings. The van der Waals surface area contributed by atoms with Crippen molar-refractivity contribution in [3.8, 4) is 0 Å². The van der Waals surface area contributed by atoms with Crippen LogP contribution in [-0.4, -0.2) is 11.9 Å². The lowest BCUT2D eigenvalue weighted by Gasteiger charge is -2.28. The highest BCUT2D eigenvalue weighted by Gasteiger charge is 2.22. The maximum atomic E-state index is 13.6. The van der Waals surface area contributed by atoms with E-state index in [1.807, 2.05) is 0 Å². The van der Waals surface area contributed by atoms with Gasteiger partial charge in [0.1, 0.15) is 5.82 Å². The molecular formula is C16H23FN2O. The zero-order chi connectivity index (χ0) is 14.7. The predicted octanol–water partition coefficient (Wildman–Crippen LogP) is 3.41. The third-order valence-corrected chi connectivity index (χ3v) is 4.41. The maximum absolute atomic E-state index is 13.6. The monoisotopic (exact) mass is 278 g/mol. The van der Waals surface area contributed by atoms with Crippen molar-refractivity contribution in [2.75, 3.05) is 5.73 Å². The van der Waals surface area contributed by atoms with Crippen LogP contribution in [0.1, 0.15) is 54.9 Å². The molecule has 4 heteroatoms. The van der Waals surface area contributed by atoms with Crippen molar-refractivity contribution in [3.63, 3.8) is 0 Å². The fraction of sp³-hybridized carbons (Fsp3) is 0.562. The van der Waals surface area contributed by atoms with E-state index in [0.29, 0.717) is 16.8 Å². The number of nitrogens with one attached hydrogen (secondary N) is 1. The number of nitrogens with two attached hydrogens (primary N) is 1. The second-order valence-corrected chi connectivity index (χ2v) is 5.77. The number of carbonyl (C=O) groups is 1. The van der Waals surface area contributed by atoms with Crippen LogP contribution < -0.4 is 11.1 Å². The summed E-state index contributed by atoms with van der Waals surface area (Å²) in [4.78, 5) is 12.1. The summed E-state index contributed by atoms with van der Waals surface area (Å²) in [6, 6.07) is 3.01. The van der Waals surface area contributed by atoms with Crippen molar-refractivity contribution in [2.24, 2.45) is 5.92 Å². The zero-order valence-electron chi connectivity index (χ0n) is 12.2. The summed E-state index contributed by atoms with van der Waals surface area (Å²) in [5.74, 6) is 0.135. The summed E-state index contributed by atoms with van der Waals surface area (Å²) in [7, 11) is 0. The molecule has 0 unspecified atom stereocenters. The lowest BCUT2D eigenvalue weighted by molar-refractivity contribution is 0.0921. The minimum atomic E-state index is -0.426. The van der Waals surface area contributed by atoms with Crippen molar-refractivity contribution in [1.29, 1.82) is 0 Å². The molecule has 1 saturated carbocycles. The fourth-order valence-corrected chi connectivity index (χ4v) is 2.81. The van der Waals surface area contributed by atoms with Gasteiger partial charge in [-0.3, -0.25) is 4.79 Å². The van der Waals surface area contributed by atoms with E-state index in [-0.39, 0.29) is 11.9 Å². The van der Waals surface area contributed by atoms with Crippen LogP contribution in [0, 0.1) is 18.7 Å². The number of anilines is 1. The van der Waals surface area contributed by atoms with Crippen LogP contribution in [0.4, 0.5) is 10.1 Å². The third-order valence-electron chi connectivity index (χ3n) is 4.41. The Bertz CT molecular complexity index is 470. The number of benzene rings is 1. The number of hydrogen-bond donors (Lipinski definition) is 2. The van der Waals surface area contributed by atoms with E-state index in [1.165, 1.54) is 12.5 Å². The first kappa shape index (κ1) is 14.8. The molecule has 20 heavy (non-hydrogen) atoms. The third kappa shape index (κ3) is 3.30. The topological polar surface area (TPSA) is 55.1 Å². The highest BCUT2D eigenvalue weighted by atomic mass is 19.1. The molecule has 3 nitrogen and oxygen atoms in total. The van der Waals surface area contributed by atoms with Gasteiger partial charge in [0.2, 0.25) is 0 Å². The lowest BCUT2D eigenvalue weighted by atomic mass is 9.84. The van der Waals surface area contributed by atoms with Crippen LogP contribution in [0.15, 0.2) is 12.1 Å². The molecule has 0 saturated heterocycles. The largest absolute Gasteiger partial charge is 0.398 e. The van der Waals surface area contributed by atoms with Gasteiger partial charge in [-0.1, -0.05) is 13.3 Å². The van der Waals surface area contributed by atoms with E-state index in [9.17, 15) is 9.18 Å². The number of halogens is 1. The molecule has 110 valence electrons. The molecule has 2 rings (SSSR count). The zero-order valence-corrected chi connectivity index (χ0v) is 12.2. The van der Waals surface area contributed by atoms with Crippen molar-refractivity contribution in [2.45, 2.75) is 52.0 Å².